The van der Waals surface area contributed by atoms with E-state index in [0.29, 0.717) is 0 Å². The van der Waals surface area contributed by atoms with Crippen LogP contribution in [0, 0.1) is 0 Å². The molecule has 86 valence electrons. The highest BCUT2D eigenvalue weighted by Crippen LogP contribution is 2.08. The maximum atomic E-state index is 4.37. The van der Waals surface area contributed by atoms with E-state index < -0.39 is 0 Å². The molecule has 0 saturated heterocycles. The van der Waals surface area contributed by atoms with E-state index in [2.05, 4.69) is 44.8 Å². The van der Waals surface area contributed by atoms with Gasteiger partial charge in [-0.15, -0.1) is 0 Å². The van der Waals surface area contributed by atoms with Crippen LogP contribution in [-0.2, 0) is 13.1 Å². The molecule has 0 fully saturated rings. The van der Waals surface area contributed by atoms with Gasteiger partial charge in [-0.3, -0.25) is 0 Å². The third-order valence-corrected chi connectivity index (χ3v) is 3.10. The van der Waals surface area contributed by atoms with Gasteiger partial charge in [-0.05, 0) is 35.4 Å². The van der Waals surface area contributed by atoms with E-state index in [1.807, 2.05) is 6.33 Å². The molecule has 2 aromatic rings. The zero-order valence-corrected chi connectivity index (χ0v) is 10.3. The topological polar surface area (TPSA) is 29.9 Å². The quantitative estimate of drug-likeness (QED) is 0.780. The Labute approximate surface area is 100 Å². The van der Waals surface area contributed by atoms with Crippen molar-refractivity contribution in [1.29, 1.82) is 0 Å². The molecule has 0 atom stereocenters. The molecule has 0 aliphatic heterocycles. The van der Waals surface area contributed by atoms with Crippen molar-refractivity contribution in [2.24, 2.45) is 0 Å². The van der Waals surface area contributed by atoms with E-state index in [-0.39, 0.29) is 0 Å². The molecular formula is C12H17N3S. The van der Waals surface area contributed by atoms with E-state index in [0.717, 1.165) is 31.7 Å². The first kappa shape index (κ1) is 11.4. The van der Waals surface area contributed by atoms with Gasteiger partial charge in [0.15, 0.2) is 0 Å². The summed E-state index contributed by atoms with van der Waals surface area (Å²) in [6, 6.07) is 2.15. The van der Waals surface area contributed by atoms with Gasteiger partial charge in [0.25, 0.3) is 0 Å². The molecule has 0 aliphatic carbocycles. The summed E-state index contributed by atoms with van der Waals surface area (Å²) in [6.45, 7) is 5.01. The Kier molecular flexibility index (Phi) is 4.13. The van der Waals surface area contributed by atoms with Crippen molar-refractivity contribution in [3.05, 3.63) is 40.6 Å². The zero-order valence-electron chi connectivity index (χ0n) is 9.52. The number of thiophene rings is 1. The molecule has 1 N–H and O–H groups in total. The van der Waals surface area contributed by atoms with Crippen LogP contribution < -0.4 is 5.32 Å². The Morgan fingerprint density at radius 2 is 2.44 bits per heavy atom. The summed E-state index contributed by atoms with van der Waals surface area (Å²) in [4.78, 5) is 4.37. The van der Waals surface area contributed by atoms with Crippen LogP contribution in [0.25, 0.3) is 0 Å². The van der Waals surface area contributed by atoms with Crippen molar-refractivity contribution in [1.82, 2.24) is 14.9 Å². The van der Waals surface area contributed by atoms with Crippen LogP contribution >= 0.6 is 11.3 Å². The minimum atomic E-state index is 0.866. The summed E-state index contributed by atoms with van der Waals surface area (Å²) >= 11 is 1.74. The third-order valence-electron chi connectivity index (χ3n) is 2.36. The maximum Gasteiger partial charge on any atom is 0.0953 e. The summed E-state index contributed by atoms with van der Waals surface area (Å²) in [5.41, 5.74) is 2.46. The third kappa shape index (κ3) is 3.18. The van der Waals surface area contributed by atoms with Crippen molar-refractivity contribution in [2.75, 3.05) is 6.54 Å². The number of imidazole rings is 1. The van der Waals surface area contributed by atoms with Crippen molar-refractivity contribution in [3.63, 3.8) is 0 Å². The van der Waals surface area contributed by atoms with E-state index in [1.54, 1.807) is 11.3 Å². The average Bonchev–Trinajstić information content (AvgIpc) is 2.91. The molecule has 0 unspecified atom stereocenters. The van der Waals surface area contributed by atoms with Crippen molar-refractivity contribution < 1.29 is 0 Å². The lowest BCUT2D eigenvalue weighted by atomic mass is 10.3. The Morgan fingerprint density at radius 1 is 1.50 bits per heavy atom. The fraction of sp³-hybridized carbons (Fsp3) is 0.417. The SMILES string of the molecule is CCCNCc1cn(Cc2ccsc2)cn1. The largest absolute Gasteiger partial charge is 0.333 e. The fourth-order valence-corrected chi connectivity index (χ4v) is 2.23. The Bertz CT molecular complexity index is 406. The number of rotatable bonds is 6. The summed E-state index contributed by atoms with van der Waals surface area (Å²) in [6.07, 6.45) is 5.18. The number of hydrogen-bond donors (Lipinski definition) is 1. The first-order valence-electron chi connectivity index (χ1n) is 5.61. The van der Waals surface area contributed by atoms with Crippen LogP contribution in [-0.4, -0.2) is 16.1 Å². The maximum absolute atomic E-state index is 4.37. The van der Waals surface area contributed by atoms with E-state index in [4.69, 9.17) is 0 Å². The molecule has 0 radical (unpaired) electrons. The van der Waals surface area contributed by atoms with Gasteiger partial charge >= 0.3 is 0 Å². The standard InChI is InChI=1S/C12H17N3S/c1-2-4-13-6-12-8-15(10-14-12)7-11-3-5-16-9-11/h3,5,8-10,13H,2,4,6-7H2,1H3. The second-order valence-corrected chi connectivity index (χ2v) is 4.63. The molecule has 16 heavy (non-hydrogen) atoms. The molecule has 0 aliphatic rings. The van der Waals surface area contributed by atoms with Gasteiger partial charge in [0.05, 0.1) is 12.0 Å². The van der Waals surface area contributed by atoms with Gasteiger partial charge in [-0.1, -0.05) is 6.92 Å². The minimum Gasteiger partial charge on any atom is -0.333 e. The molecule has 0 bridgehead atoms. The fourth-order valence-electron chi connectivity index (χ4n) is 1.57. The second kappa shape index (κ2) is 5.82. The number of hydrogen-bond acceptors (Lipinski definition) is 3. The van der Waals surface area contributed by atoms with Gasteiger partial charge < -0.3 is 9.88 Å². The van der Waals surface area contributed by atoms with Crippen LogP contribution in [0.15, 0.2) is 29.4 Å². The zero-order chi connectivity index (χ0) is 11.2. The first-order chi connectivity index (χ1) is 7.88. The lowest BCUT2D eigenvalue weighted by Crippen LogP contribution is -2.13. The van der Waals surface area contributed by atoms with Crippen molar-refractivity contribution in [2.45, 2.75) is 26.4 Å². The monoisotopic (exact) mass is 235 g/mol. The number of nitrogens with one attached hydrogen (secondary N) is 1. The molecule has 4 heteroatoms. The Morgan fingerprint density at radius 3 is 3.19 bits per heavy atom. The van der Waals surface area contributed by atoms with Crippen molar-refractivity contribution in [3.8, 4) is 0 Å². The molecule has 0 aromatic carbocycles. The average molecular weight is 235 g/mol. The highest BCUT2D eigenvalue weighted by atomic mass is 32.1. The van der Waals surface area contributed by atoms with Gasteiger partial charge in [0.1, 0.15) is 0 Å². The lowest BCUT2D eigenvalue weighted by Gasteiger charge is -1.99. The molecule has 2 rings (SSSR count). The van der Waals surface area contributed by atoms with Crippen LogP contribution in [0.1, 0.15) is 24.6 Å². The molecular weight excluding hydrogens is 218 g/mol. The summed E-state index contributed by atoms with van der Waals surface area (Å²) in [7, 11) is 0. The normalized spacial score (nSPS) is 10.8. The minimum absolute atomic E-state index is 0.866. The molecule has 0 spiro atoms. The first-order valence-corrected chi connectivity index (χ1v) is 6.55. The number of nitrogens with zero attached hydrogens (tertiary/aromatic N) is 2. The lowest BCUT2D eigenvalue weighted by molar-refractivity contribution is 0.665. The Hall–Kier alpha value is -1.13. The van der Waals surface area contributed by atoms with Gasteiger partial charge in [-0.2, -0.15) is 11.3 Å². The molecule has 0 saturated carbocycles. The second-order valence-electron chi connectivity index (χ2n) is 3.85. The van der Waals surface area contributed by atoms with E-state index >= 15 is 0 Å². The highest BCUT2D eigenvalue weighted by molar-refractivity contribution is 7.07. The van der Waals surface area contributed by atoms with E-state index in [9.17, 15) is 0 Å². The van der Waals surface area contributed by atoms with Crippen LogP contribution in [0.3, 0.4) is 0 Å². The Balaban J connectivity index is 1.87. The van der Waals surface area contributed by atoms with Crippen LogP contribution in [0.5, 0.6) is 0 Å². The van der Waals surface area contributed by atoms with Crippen LogP contribution in [0.4, 0.5) is 0 Å². The molecule has 2 aromatic heterocycles. The summed E-state index contributed by atoms with van der Waals surface area (Å²) in [5, 5.41) is 7.63. The predicted octanol–water partition coefficient (Wildman–Crippen LogP) is 2.49. The molecule has 0 amide bonds. The van der Waals surface area contributed by atoms with Crippen LogP contribution in [0.2, 0.25) is 0 Å². The predicted molar refractivity (Wildman–Crippen MR) is 67.6 cm³/mol. The van der Waals surface area contributed by atoms with E-state index in [1.165, 1.54) is 5.56 Å². The van der Waals surface area contributed by atoms with Crippen molar-refractivity contribution >= 4 is 11.3 Å². The highest BCUT2D eigenvalue weighted by Gasteiger charge is 1.99. The van der Waals surface area contributed by atoms with Gasteiger partial charge in [0.2, 0.25) is 0 Å². The van der Waals surface area contributed by atoms with Gasteiger partial charge in [0, 0.05) is 19.3 Å². The molecule has 3 nitrogen and oxygen atoms in total. The summed E-state index contributed by atoms with van der Waals surface area (Å²) < 4.78 is 2.13. The van der Waals surface area contributed by atoms with Gasteiger partial charge in [-0.25, -0.2) is 4.98 Å². The smallest absolute Gasteiger partial charge is 0.0953 e. The number of aromatic nitrogens is 2. The summed E-state index contributed by atoms with van der Waals surface area (Å²) in [5.74, 6) is 0. The molecule has 2 heterocycles.